The Morgan fingerprint density at radius 3 is 2.29 bits per heavy atom. The van der Waals surface area contributed by atoms with E-state index in [1.54, 1.807) is 26.0 Å². The predicted molar refractivity (Wildman–Crippen MR) is 155 cm³/mol. The van der Waals surface area contributed by atoms with Crippen LogP contribution in [0.5, 0.6) is 5.75 Å². The second-order valence-electron chi connectivity index (χ2n) is 9.31. The van der Waals surface area contributed by atoms with Crippen molar-refractivity contribution in [2.45, 2.75) is 38.1 Å². The topological polar surface area (TPSA) is 139 Å². The Morgan fingerprint density at radius 2 is 1.71 bits per heavy atom. The molecular weight excluding hydrogens is 548 g/mol. The number of carbonyl (C=O) groups excluding carboxylic acids is 2. The van der Waals surface area contributed by atoms with Crippen molar-refractivity contribution in [2.75, 3.05) is 31.0 Å². The van der Waals surface area contributed by atoms with E-state index in [4.69, 9.17) is 4.74 Å². The highest BCUT2D eigenvalue weighted by Gasteiger charge is 2.33. The van der Waals surface area contributed by atoms with Gasteiger partial charge in [0.25, 0.3) is 15.7 Å². The second kappa shape index (κ2) is 13.8. The minimum atomic E-state index is -4.46. The van der Waals surface area contributed by atoms with Crippen LogP contribution < -0.4 is 14.4 Å². The normalized spacial score (nSPS) is 11.8. The van der Waals surface area contributed by atoms with Crippen molar-refractivity contribution < 1.29 is 27.7 Å². The number of likely N-dealkylation sites (N-methyl/N-ethyl adjacent to an activating group) is 1. The number of nitrogens with one attached hydrogen (secondary N) is 1. The zero-order valence-corrected chi connectivity index (χ0v) is 24.3. The minimum absolute atomic E-state index is 0.149. The van der Waals surface area contributed by atoms with E-state index in [-0.39, 0.29) is 28.7 Å². The summed E-state index contributed by atoms with van der Waals surface area (Å²) in [6.07, 6.45) is 0.440. The highest BCUT2D eigenvalue weighted by molar-refractivity contribution is 7.92. The van der Waals surface area contributed by atoms with Crippen molar-refractivity contribution in [3.63, 3.8) is 0 Å². The lowest BCUT2D eigenvalue weighted by molar-refractivity contribution is -0.385. The van der Waals surface area contributed by atoms with Gasteiger partial charge in [-0.1, -0.05) is 36.4 Å². The molecule has 218 valence electrons. The van der Waals surface area contributed by atoms with Gasteiger partial charge in [-0.25, -0.2) is 8.42 Å². The summed E-state index contributed by atoms with van der Waals surface area (Å²) in [6.45, 7) is 4.74. The van der Waals surface area contributed by atoms with Crippen LogP contribution in [-0.4, -0.2) is 62.8 Å². The Kier molecular flexibility index (Phi) is 10.4. The van der Waals surface area contributed by atoms with E-state index in [0.717, 1.165) is 15.9 Å². The fourth-order valence-corrected chi connectivity index (χ4v) is 5.68. The highest BCUT2D eigenvalue weighted by atomic mass is 32.2. The van der Waals surface area contributed by atoms with Gasteiger partial charge in [-0.05, 0) is 63.1 Å². The smallest absolute Gasteiger partial charge is 0.273 e. The minimum Gasteiger partial charge on any atom is -0.497 e. The van der Waals surface area contributed by atoms with Crippen molar-refractivity contribution in [1.82, 2.24) is 10.2 Å². The molecule has 41 heavy (non-hydrogen) atoms. The third-order valence-corrected chi connectivity index (χ3v) is 8.38. The molecule has 12 heteroatoms. The Bertz CT molecular complexity index is 1480. The van der Waals surface area contributed by atoms with Gasteiger partial charge in [0.15, 0.2) is 0 Å². The molecule has 0 aliphatic rings. The van der Waals surface area contributed by atoms with E-state index < -0.39 is 33.4 Å². The van der Waals surface area contributed by atoms with E-state index in [1.165, 1.54) is 43.2 Å². The third-order valence-electron chi connectivity index (χ3n) is 6.61. The number of nitro groups is 1. The summed E-state index contributed by atoms with van der Waals surface area (Å²) in [4.78, 5) is 38.5. The molecule has 0 saturated heterocycles. The van der Waals surface area contributed by atoms with Crippen LogP contribution in [0.1, 0.15) is 25.0 Å². The zero-order valence-electron chi connectivity index (χ0n) is 23.4. The Balaban J connectivity index is 2.04. The van der Waals surface area contributed by atoms with Crippen LogP contribution in [-0.2, 0) is 26.0 Å². The van der Waals surface area contributed by atoms with Gasteiger partial charge in [-0.3, -0.25) is 24.0 Å². The fourth-order valence-electron chi connectivity index (χ4n) is 4.24. The van der Waals surface area contributed by atoms with Crippen molar-refractivity contribution in [3.05, 3.63) is 94.0 Å². The lowest BCUT2D eigenvalue weighted by atomic mass is 10.1. The molecule has 0 spiro atoms. The van der Waals surface area contributed by atoms with Crippen molar-refractivity contribution >= 4 is 33.2 Å². The summed E-state index contributed by atoms with van der Waals surface area (Å²) in [5.74, 6) is -0.514. The van der Waals surface area contributed by atoms with Gasteiger partial charge < -0.3 is 15.0 Å². The van der Waals surface area contributed by atoms with Gasteiger partial charge in [0.1, 0.15) is 18.3 Å². The van der Waals surface area contributed by atoms with E-state index >= 15 is 0 Å². The van der Waals surface area contributed by atoms with Crippen LogP contribution in [0.2, 0.25) is 0 Å². The summed E-state index contributed by atoms with van der Waals surface area (Å²) in [5, 5.41) is 14.3. The summed E-state index contributed by atoms with van der Waals surface area (Å²) < 4.78 is 34.0. The van der Waals surface area contributed by atoms with Gasteiger partial charge in [0.2, 0.25) is 11.8 Å². The molecule has 1 atom stereocenters. The maximum atomic E-state index is 13.9. The number of aryl methyl sites for hydroxylation is 1. The molecule has 0 saturated carbocycles. The zero-order chi connectivity index (χ0) is 30.2. The van der Waals surface area contributed by atoms with Crippen LogP contribution in [0.3, 0.4) is 0 Å². The molecule has 0 bridgehead atoms. The molecular formula is C29H34N4O7S. The average molecular weight is 583 g/mol. The molecule has 0 unspecified atom stereocenters. The van der Waals surface area contributed by atoms with Crippen molar-refractivity contribution in [3.8, 4) is 5.75 Å². The number of methoxy groups -OCH3 is 1. The molecule has 3 rings (SSSR count). The van der Waals surface area contributed by atoms with Crippen LogP contribution >= 0.6 is 0 Å². The number of anilines is 1. The number of nitro benzene ring substituents is 1. The number of hydrogen-bond donors (Lipinski definition) is 1. The Hall–Kier alpha value is -4.45. The maximum absolute atomic E-state index is 13.9. The van der Waals surface area contributed by atoms with Gasteiger partial charge in [0.05, 0.1) is 22.6 Å². The Morgan fingerprint density at radius 1 is 1.05 bits per heavy atom. The third kappa shape index (κ3) is 7.60. The standard InChI is InChI=1S/C29H34N4O7S/c1-5-30-29(35)22(3)31(18-17-23-9-7-6-8-10-23)28(34)20-32(24-12-14-25(40-4)15-13-24)41(38,39)26-16-11-21(2)27(19-26)33(36)37/h6-16,19,22H,5,17-18,20H2,1-4H3,(H,30,35)/t22-/m1/s1. The molecule has 2 amide bonds. The second-order valence-corrected chi connectivity index (χ2v) is 11.2. The highest BCUT2D eigenvalue weighted by Crippen LogP contribution is 2.29. The van der Waals surface area contributed by atoms with E-state index in [1.807, 2.05) is 30.3 Å². The number of amides is 2. The summed E-state index contributed by atoms with van der Waals surface area (Å²) in [7, 11) is -2.99. The van der Waals surface area contributed by atoms with E-state index in [2.05, 4.69) is 5.32 Å². The van der Waals surface area contributed by atoms with Crippen molar-refractivity contribution in [1.29, 1.82) is 0 Å². The molecule has 3 aromatic carbocycles. The largest absolute Gasteiger partial charge is 0.497 e. The number of benzene rings is 3. The molecule has 0 fully saturated rings. The first kappa shape index (κ1) is 31.1. The molecule has 3 aromatic rings. The average Bonchev–Trinajstić information content (AvgIpc) is 2.96. The molecule has 0 aliphatic carbocycles. The van der Waals surface area contributed by atoms with Crippen LogP contribution in [0.4, 0.5) is 11.4 Å². The van der Waals surface area contributed by atoms with Gasteiger partial charge in [-0.2, -0.15) is 0 Å². The number of ether oxygens (including phenoxy) is 1. The lowest BCUT2D eigenvalue weighted by Crippen LogP contribution is -2.52. The first-order valence-corrected chi connectivity index (χ1v) is 14.5. The molecule has 0 radical (unpaired) electrons. The van der Waals surface area contributed by atoms with Gasteiger partial charge in [-0.15, -0.1) is 0 Å². The quantitative estimate of drug-likeness (QED) is 0.239. The SMILES string of the molecule is CCNC(=O)[C@@H](C)N(CCc1ccccc1)C(=O)CN(c1ccc(OC)cc1)S(=O)(=O)c1ccc(C)c([N+](=O)[O-])c1. The molecule has 0 aliphatic heterocycles. The summed E-state index contributed by atoms with van der Waals surface area (Å²) in [6, 6.07) is 18.2. The van der Waals surface area contributed by atoms with Crippen LogP contribution in [0.25, 0.3) is 0 Å². The maximum Gasteiger partial charge on any atom is 0.273 e. The fraction of sp³-hybridized carbons (Fsp3) is 0.310. The van der Waals surface area contributed by atoms with Crippen LogP contribution in [0, 0.1) is 17.0 Å². The number of sulfonamides is 1. The first-order valence-electron chi connectivity index (χ1n) is 13.0. The molecule has 1 N–H and O–H groups in total. The van der Waals surface area contributed by atoms with Crippen LogP contribution in [0.15, 0.2) is 77.7 Å². The summed E-state index contributed by atoms with van der Waals surface area (Å²) >= 11 is 0. The first-order chi connectivity index (χ1) is 19.5. The van der Waals surface area contributed by atoms with Gasteiger partial charge >= 0.3 is 0 Å². The van der Waals surface area contributed by atoms with E-state index in [0.29, 0.717) is 24.3 Å². The number of rotatable bonds is 13. The Labute approximate surface area is 239 Å². The van der Waals surface area contributed by atoms with Crippen molar-refractivity contribution in [2.24, 2.45) is 0 Å². The van der Waals surface area contributed by atoms with E-state index in [9.17, 15) is 28.1 Å². The summed E-state index contributed by atoms with van der Waals surface area (Å²) in [5.41, 5.74) is 1.03. The molecule has 11 nitrogen and oxygen atoms in total. The number of carbonyl (C=O) groups is 2. The molecule has 0 aromatic heterocycles. The van der Waals surface area contributed by atoms with Gasteiger partial charge in [0, 0.05) is 24.7 Å². The number of hydrogen-bond acceptors (Lipinski definition) is 7. The lowest BCUT2D eigenvalue weighted by Gasteiger charge is -2.32. The molecule has 0 heterocycles. The number of nitrogens with zero attached hydrogens (tertiary/aromatic N) is 3. The monoisotopic (exact) mass is 582 g/mol. The predicted octanol–water partition coefficient (Wildman–Crippen LogP) is 3.70.